The van der Waals surface area contributed by atoms with Crippen molar-refractivity contribution in [3.8, 4) is 11.5 Å². The highest BCUT2D eigenvalue weighted by Gasteiger charge is 2.32. The van der Waals surface area contributed by atoms with E-state index in [2.05, 4.69) is 20.2 Å². The van der Waals surface area contributed by atoms with Gasteiger partial charge in [-0.15, -0.1) is 0 Å². The van der Waals surface area contributed by atoms with Crippen LogP contribution < -0.4 is 14.8 Å². The second kappa shape index (κ2) is 13.0. The zero-order valence-corrected chi connectivity index (χ0v) is 22.7. The van der Waals surface area contributed by atoms with Crippen LogP contribution in [0.4, 0.5) is 24.7 Å². The molecule has 214 valence electrons. The summed E-state index contributed by atoms with van der Waals surface area (Å²) in [6.45, 7) is 4.95. The van der Waals surface area contributed by atoms with E-state index in [0.717, 1.165) is 62.0 Å². The molecule has 0 amide bonds. The van der Waals surface area contributed by atoms with Gasteiger partial charge in [-0.2, -0.15) is 13.2 Å². The quantitative estimate of drug-likeness (QED) is 0.170. The lowest BCUT2D eigenvalue weighted by molar-refractivity contribution is -0.137. The molecule has 1 aromatic heterocycles. The Morgan fingerprint density at radius 2 is 1.76 bits per heavy atom. The van der Waals surface area contributed by atoms with Crippen LogP contribution >= 0.6 is 0 Å². The molecule has 10 heteroatoms. The summed E-state index contributed by atoms with van der Waals surface area (Å²) in [6.07, 6.45) is 1.08. The fourth-order valence-corrected chi connectivity index (χ4v) is 4.63. The number of alkyl halides is 3. The predicted molar refractivity (Wildman–Crippen MR) is 154 cm³/mol. The van der Waals surface area contributed by atoms with Gasteiger partial charge in [0.1, 0.15) is 12.1 Å². The van der Waals surface area contributed by atoms with Crippen molar-refractivity contribution in [2.45, 2.75) is 12.6 Å². The molecule has 1 aliphatic rings. The molecule has 1 fully saturated rings. The van der Waals surface area contributed by atoms with Crippen molar-refractivity contribution in [2.24, 2.45) is 0 Å². The number of halogens is 3. The molecule has 5 rings (SSSR count). The third-order valence-electron chi connectivity index (χ3n) is 6.80. The van der Waals surface area contributed by atoms with Gasteiger partial charge in [0.15, 0.2) is 11.5 Å². The summed E-state index contributed by atoms with van der Waals surface area (Å²) in [5.41, 5.74) is 1.68. The third-order valence-corrected chi connectivity index (χ3v) is 6.80. The number of benzene rings is 3. The molecule has 7 nitrogen and oxygen atoms in total. The SMILES string of the molecule is COc1cc2c(Nc3ccc(/C=C/c4ccccc4C(F)(F)F)cc3)ncnc2cc1OCCCN1CCOCC1. The Morgan fingerprint density at radius 3 is 2.51 bits per heavy atom. The normalized spacial score (nSPS) is 14.4. The second-order valence-electron chi connectivity index (χ2n) is 9.56. The Morgan fingerprint density at radius 1 is 0.976 bits per heavy atom. The Bertz CT molecular complexity index is 1490. The van der Waals surface area contributed by atoms with E-state index in [0.29, 0.717) is 29.4 Å². The van der Waals surface area contributed by atoms with Crippen molar-refractivity contribution in [3.63, 3.8) is 0 Å². The summed E-state index contributed by atoms with van der Waals surface area (Å²) in [6, 6.07) is 16.5. The van der Waals surface area contributed by atoms with Crippen molar-refractivity contribution in [1.29, 1.82) is 0 Å². The van der Waals surface area contributed by atoms with E-state index in [-0.39, 0.29) is 5.56 Å². The monoisotopic (exact) mass is 564 g/mol. The first-order valence-corrected chi connectivity index (χ1v) is 13.4. The minimum atomic E-state index is -4.41. The van der Waals surface area contributed by atoms with E-state index in [9.17, 15) is 13.2 Å². The zero-order chi connectivity index (χ0) is 28.7. The van der Waals surface area contributed by atoms with Gasteiger partial charge in [0, 0.05) is 36.8 Å². The van der Waals surface area contributed by atoms with Crippen LogP contribution in [-0.2, 0) is 10.9 Å². The smallest absolute Gasteiger partial charge is 0.416 e. The lowest BCUT2D eigenvalue weighted by atomic mass is 10.1. The summed E-state index contributed by atoms with van der Waals surface area (Å²) in [7, 11) is 1.60. The van der Waals surface area contributed by atoms with E-state index in [1.54, 1.807) is 19.3 Å². The highest BCUT2D eigenvalue weighted by atomic mass is 19.4. The van der Waals surface area contributed by atoms with Crippen LogP contribution in [0, 0.1) is 0 Å². The lowest BCUT2D eigenvalue weighted by Gasteiger charge is -2.26. The maximum absolute atomic E-state index is 13.3. The fourth-order valence-electron chi connectivity index (χ4n) is 4.63. The Kier molecular flexibility index (Phi) is 9.01. The molecular weight excluding hydrogens is 533 g/mol. The molecule has 0 spiro atoms. The van der Waals surface area contributed by atoms with Crippen molar-refractivity contribution < 1.29 is 27.4 Å². The molecular formula is C31H31F3N4O3. The summed E-state index contributed by atoms with van der Waals surface area (Å²) < 4.78 is 56.9. The second-order valence-corrected chi connectivity index (χ2v) is 9.56. The summed E-state index contributed by atoms with van der Waals surface area (Å²) >= 11 is 0. The number of nitrogens with zero attached hydrogens (tertiary/aromatic N) is 3. The molecule has 0 atom stereocenters. The Balaban J connectivity index is 1.26. The number of anilines is 2. The minimum Gasteiger partial charge on any atom is -0.493 e. The summed E-state index contributed by atoms with van der Waals surface area (Å²) in [5, 5.41) is 4.06. The number of ether oxygens (including phenoxy) is 3. The van der Waals surface area contributed by atoms with Crippen molar-refractivity contribution in [3.05, 3.63) is 83.7 Å². The van der Waals surface area contributed by atoms with Gasteiger partial charge < -0.3 is 19.5 Å². The highest BCUT2D eigenvalue weighted by Crippen LogP contribution is 2.35. The Hall–Kier alpha value is -4.15. The molecule has 1 saturated heterocycles. The molecule has 0 saturated carbocycles. The van der Waals surface area contributed by atoms with Gasteiger partial charge in [0.2, 0.25) is 0 Å². The first-order valence-electron chi connectivity index (χ1n) is 13.4. The number of nitrogens with one attached hydrogen (secondary N) is 1. The van der Waals surface area contributed by atoms with Crippen LogP contribution in [-0.4, -0.2) is 61.4 Å². The lowest BCUT2D eigenvalue weighted by Crippen LogP contribution is -2.37. The number of morpholine rings is 1. The molecule has 2 heterocycles. The average Bonchev–Trinajstić information content (AvgIpc) is 2.99. The van der Waals surface area contributed by atoms with Gasteiger partial charge in [-0.25, -0.2) is 9.97 Å². The highest BCUT2D eigenvalue weighted by molar-refractivity contribution is 5.93. The molecule has 1 aliphatic heterocycles. The van der Waals surface area contributed by atoms with E-state index >= 15 is 0 Å². The van der Waals surface area contributed by atoms with E-state index in [1.165, 1.54) is 24.5 Å². The van der Waals surface area contributed by atoms with E-state index in [4.69, 9.17) is 14.2 Å². The molecule has 0 aliphatic carbocycles. The molecule has 0 unspecified atom stereocenters. The zero-order valence-electron chi connectivity index (χ0n) is 22.7. The van der Waals surface area contributed by atoms with Crippen molar-refractivity contribution in [2.75, 3.05) is 51.9 Å². The minimum absolute atomic E-state index is 0.115. The predicted octanol–water partition coefficient (Wildman–Crippen LogP) is 6.67. The first-order chi connectivity index (χ1) is 19.9. The van der Waals surface area contributed by atoms with Crippen LogP contribution in [0.3, 0.4) is 0 Å². The topological polar surface area (TPSA) is 68.7 Å². The number of aromatic nitrogens is 2. The fraction of sp³-hybridized carbons (Fsp3) is 0.290. The maximum Gasteiger partial charge on any atom is 0.416 e. The van der Waals surface area contributed by atoms with Crippen molar-refractivity contribution >= 4 is 34.6 Å². The molecule has 1 N–H and O–H groups in total. The van der Waals surface area contributed by atoms with Crippen LogP contribution in [0.25, 0.3) is 23.1 Å². The number of hydrogen-bond donors (Lipinski definition) is 1. The molecule has 4 aromatic rings. The van der Waals surface area contributed by atoms with Gasteiger partial charge in [-0.1, -0.05) is 42.5 Å². The number of hydrogen-bond acceptors (Lipinski definition) is 7. The van der Waals surface area contributed by atoms with Crippen LogP contribution in [0.15, 0.2) is 67.0 Å². The first kappa shape index (κ1) is 28.4. The number of rotatable bonds is 10. The van der Waals surface area contributed by atoms with Crippen LogP contribution in [0.1, 0.15) is 23.1 Å². The van der Waals surface area contributed by atoms with Gasteiger partial charge in [-0.05, 0) is 41.8 Å². The Labute approximate surface area is 236 Å². The number of methoxy groups -OCH3 is 1. The average molecular weight is 565 g/mol. The van der Waals surface area contributed by atoms with Crippen LogP contribution in [0.2, 0.25) is 0 Å². The molecule has 3 aromatic carbocycles. The standard InChI is InChI=1S/C31H31F3N4O3/c1-39-28-19-25-27(20-29(28)41-16-4-13-38-14-17-40-18-15-38)35-21-36-30(25)37-24-11-8-22(9-12-24)7-10-23-5-2-3-6-26(23)31(32,33)34/h2-3,5-12,19-21H,4,13-18H2,1H3,(H,35,36,37)/b10-7+. The summed E-state index contributed by atoms with van der Waals surface area (Å²) in [4.78, 5) is 11.2. The van der Waals surface area contributed by atoms with Gasteiger partial charge in [0.05, 0.1) is 38.0 Å². The maximum atomic E-state index is 13.3. The molecule has 0 radical (unpaired) electrons. The van der Waals surface area contributed by atoms with E-state index in [1.807, 2.05) is 36.4 Å². The molecule has 41 heavy (non-hydrogen) atoms. The van der Waals surface area contributed by atoms with Gasteiger partial charge in [-0.3, -0.25) is 4.90 Å². The summed E-state index contributed by atoms with van der Waals surface area (Å²) in [5.74, 6) is 1.80. The van der Waals surface area contributed by atoms with Crippen LogP contribution in [0.5, 0.6) is 11.5 Å². The van der Waals surface area contributed by atoms with E-state index < -0.39 is 11.7 Å². The largest absolute Gasteiger partial charge is 0.493 e. The van der Waals surface area contributed by atoms with Gasteiger partial charge in [0.25, 0.3) is 0 Å². The number of fused-ring (bicyclic) bond motifs is 1. The third kappa shape index (κ3) is 7.33. The van der Waals surface area contributed by atoms with Gasteiger partial charge >= 0.3 is 6.18 Å². The van der Waals surface area contributed by atoms with Crippen molar-refractivity contribution in [1.82, 2.24) is 14.9 Å². The molecule has 0 bridgehead atoms.